The first-order chi connectivity index (χ1) is 7.70. The second-order valence-electron chi connectivity index (χ2n) is 4.73. The Morgan fingerprint density at radius 2 is 2.31 bits per heavy atom. The third-order valence-corrected chi connectivity index (χ3v) is 2.76. The number of amides is 1. The van der Waals surface area contributed by atoms with Gasteiger partial charge in [-0.25, -0.2) is 0 Å². The maximum absolute atomic E-state index is 11.6. The first kappa shape index (κ1) is 13.5. The van der Waals surface area contributed by atoms with Crippen LogP contribution < -0.4 is 10.6 Å². The highest BCUT2D eigenvalue weighted by molar-refractivity contribution is 5.81. The Morgan fingerprint density at radius 3 is 2.94 bits per heavy atom. The number of carbonyl (C=O) groups excluding carboxylic acids is 1. The molecule has 1 atom stereocenters. The van der Waals surface area contributed by atoms with E-state index in [9.17, 15) is 4.79 Å². The van der Waals surface area contributed by atoms with Gasteiger partial charge in [0.2, 0.25) is 5.91 Å². The van der Waals surface area contributed by atoms with Crippen molar-refractivity contribution in [2.75, 3.05) is 26.3 Å². The lowest BCUT2D eigenvalue weighted by Crippen LogP contribution is -2.41. The number of rotatable bonds is 7. The lowest BCUT2D eigenvalue weighted by Gasteiger charge is -2.11. The highest BCUT2D eigenvalue weighted by atomic mass is 16.5. The summed E-state index contributed by atoms with van der Waals surface area (Å²) in [6, 6.07) is 0.0238. The zero-order valence-corrected chi connectivity index (χ0v) is 10.4. The standard InChI is InChI=1S/C12H24N2O2/c1-10(2)5-8-16-9-7-14-12(15)11-4-3-6-13-11/h10-11,13H,3-9H2,1-2H3,(H,14,15)/t11-/m1/s1. The van der Waals surface area contributed by atoms with E-state index in [2.05, 4.69) is 24.5 Å². The molecule has 4 nitrogen and oxygen atoms in total. The van der Waals surface area contributed by atoms with Gasteiger partial charge in [0.05, 0.1) is 12.6 Å². The highest BCUT2D eigenvalue weighted by Gasteiger charge is 2.20. The summed E-state index contributed by atoms with van der Waals surface area (Å²) in [5.74, 6) is 0.794. The van der Waals surface area contributed by atoms with Gasteiger partial charge in [0.15, 0.2) is 0 Å². The van der Waals surface area contributed by atoms with Crippen LogP contribution in [0, 0.1) is 5.92 Å². The summed E-state index contributed by atoms with van der Waals surface area (Å²) in [5.41, 5.74) is 0. The smallest absolute Gasteiger partial charge is 0.237 e. The molecule has 0 radical (unpaired) electrons. The van der Waals surface area contributed by atoms with Gasteiger partial charge in [-0.3, -0.25) is 4.79 Å². The van der Waals surface area contributed by atoms with Gasteiger partial charge >= 0.3 is 0 Å². The van der Waals surface area contributed by atoms with Crippen LogP contribution in [0.15, 0.2) is 0 Å². The van der Waals surface area contributed by atoms with E-state index in [0.717, 1.165) is 32.4 Å². The largest absolute Gasteiger partial charge is 0.380 e. The van der Waals surface area contributed by atoms with Crippen LogP contribution in [0.5, 0.6) is 0 Å². The van der Waals surface area contributed by atoms with Gasteiger partial charge in [0.25, 0.3) is 0 Å². The fourth-order valence-corrected chi connectivity index (χ4v) is 1.70. The molecular formula is C12H24N2O2. The van der Waals surface area contributed by atoms with Crippen LogP contribution >= 0.6 is 0 Å². The van der Waals surface area contributed by atoms with Gasteiger partial charge in [-0.2, -0.15) is 0 Å². The van der Waals surface area contributed by atoms with Crippen molar-refractivity contribution in [3.63, 3.8) is 0 Å². The molecule has 94 valence electrons. The monoisotopic (exact) mass is 228 g/mol. The van der Waals surface area contributed by atoms with Crippen molar-refractivity contribution < 1.29 is 9.53 Å². The molecule has 1 fully saturated rings. The average Bonchev–Trinajstić information content (AvgIpc) is 2.75. The minimum Gasteiger partial charge on any atom is -0.380 e. The molecule has 0 unspecified atom stereocenters. The molecule has 4 heteroatoms. The van der Waals surface area contributed by atoms with Crippen molar-refractivity contribution in [3.8, 4) is 0 Å². The predicted octanol–water partition coefficient (Wildman–Crippen LogP) is 0.917. The molecule has 0 aromatic rings. The lowest BCUT2D eigenvalue weighted by molar-refractivity contribution is -0.123. The van der Waals surface area contributed by atoms with Gasteiger partial charge in [0, 0.05) is 13.2 Å². The van der Waals surface area contributed by atoms with Crippen LogP contribution in [-0.2, 0) is 9.53 Å². The minimum atomic E-state index is 0.0238. The maximum atomic E-state index is 11.6. The highest BCUT2D eigenvalue weighted by Crippen LogP contribution is 2.04. The topological polar surface area (TPSA) is 50.4 Å². The number of nitrogens with one attached hydrogen (secondary N) is 2. The summed E-state index contributed by atoms with van der Waals surface area (Å²) in [7, 11) is 0. The first-order valence-corrected chi connectivity index (χ1v) is 6.29. The van der Waals surface area contributed by atoms with E-state index >= 15 is 0 Å². The predicted molar refractivity (Wildman–Crippen MR) is 64.3 cm³/mol. The Labute approximate surface area is 98.1 Å². The van der Waals surface area contributed by atoms with Crippen molar-refractivity contribution in [1.29, 1.82) is 0 Å². The molecule has 1 aliphatic heterocycles. The quantitative estimate of drug-likeness (QED) is 0.637. The average molecular weight is 228 g/mol. The third-order valence-electron chi connectivity index (χ3n) is 2.76. The number of ether oxygens (including phenoxy) is 1. The van der Waals surface area contributed by atoms with Gasteiger partial charge in [-0.05, 0) is 31.7 Å². The molecule has 1 rings (SSSR count). The molecule has 1 amide bonds. The second-order valence-corrected chi connectivity index (χ2v) is 4.73. The Balaban J connectivity index is 1.92. The van der Waals surface area contributed by atoms with Crippen LogP contribution in [0.25, 0.3) is 0 Å². The Morgan fingerprint density at radius 1 is 1.50 bits per heavy atom. The molecule has 0 aliphatic carbocycles. The van der Waals surface area contributed by atoms with Gasteiger partial charge in [-0.15, -0.1) is 0 Å². The summed E-state index contributed by atoms with van der Waals surface area (Å²) >= 11 is 0. The molecule has 0 saturated carbocycles. The normalized spacial score (nSPS) is 20.3. The third kappa shape index (κ3) is 5.47. The van der Waals surface area contributed by atoms with Crippen molar-refractivity contribution in [2.45, 2.75) is 39.2 Å². The van der Waals surface area contributed by atoms with Crippen LogP contribution in [0.3, 0.4) is 0 Å². The van der Waals surface area contributed by atoms with Crippen molar-refractivity contribution >= 4 is 5.91 Å². The first-order valence-electron chi connectivity index (χ1n) is 6.29. The summed E-state index contributed by atoms with van der Waals surface area (Å²) < 4.78 is 5.42. The fraction of sp³-hybridized carbons (Fsp3) is 0.917. The van der Waals surface area contributed by atoms with E-state index in [0.29, 0.717) is 19.1 Å². The molecule has 0 spiro atoms. The molecular weight excluding hydrogens is 204 g/mol. The fourth-order valence-electron chi connectivity index (χ4n) is 1.70. The molecule has 0 bridgehead atoms. The zero-order valence-electron chi connectivity index (χ0n) is 10.4. The van der Waals surface area contributed by atoms with Crippen LogP contribution in [0.1, 0.15) is 33.1 Å². The Bertz CT molecular complexity index is 201. The molecule has 1 aliphatic rings. The maximum Gasteiger partial charge on any atom is 0.237 e. The van der Waals surface area contributed by atoms with Gasteiger partial charge in [0.1, 0.15) is 0 Å². The van der Waals surface area contributed by atoms with Crippen molar-refractivity contribution in [2.24, 2.45) is 5.92 Å². The lowest BCUT2D eigenvalue weighted by atomic mass is 10.1. The van der Waals surface area contributed by atoms with Crippen LogP contribution in [0.4, 0.5) is 0 Å². The van der Waals surface area contributed by atoms with Crippen LogP contribution in [0.2, 0.25) is 0 Å². The van der Waals surface area contributed by atoms with E-state index < -0.39 is 0 Å². The molecule has 1 heterocycles. The SMILES string of the molecule is CC(C)CCOCCNC(=O)[C@H]1CCCN1. The van der Waals surface area contributed by atoms with E-state index in [1.54, 1.807) is 0 Å². The zero-order chi connectivity index (χ0) is 11.8. The van der Waals surface area contributed by atoms with Gasteiger partial charge in [-0.1, -0.05) is 13.8 Å². The molecule has 2 N–H and O–H groups in total. The Kier molecular flexibility index (Phi) is 6.42. The van der Waals surface area contributed by atoms with E-state index in [4.69, 9.17) is 4.74 Å². The Hall–Kier alpha value is -0.610. The van der Waals surface area contributed by atoms with E-state index in [-0.39, 0.29) is 11.9 Å². The summed E-state index contributed by atoms with van der Waals surface area (Å²) in [4.78, 5) is 11.6. The summed E-state index contributed by atoms with van der Waals surface area (Å²) in [6.45, 7) is 7.34. The van der Waals surface area contributed by atoms with Gasteiger partial charge < -0.3 is 15.4 Å². The van der Waals surface area contributed by atoms with Crippen molar-refractivity contribution in [3.05, 3.63) is 0 Å². The number of carbonyl (C=O) groups is 1. The summed E-state index contributed by atoms with van der Waals surface area (Å²) in [6.07, 6.45) is 3.14. The number of hydrogen-bond acceptors (Lipinski definition) is 3. The molecule has 0 aromatic heterocycles. The summed E-state index contributed by atoms with van der Waals surface area (Å²) in [5, 5.41) is 6.06. The van der Waals surface area contributed by atoms with E-state index in [1.807, 2.05) is 0 Å². The number of hydrogen-bond donors (Lipinski definition) is 2. The molecule has 0 aromatic carbocycles. The molecule has 16 heavy (non-hydrogen) atoms. The molecule has 1 saturated heterocycles. The van der Waals surface area contributed by atoms with E-state index in [1.165, 1.54) is 0 Å². The second kappa shape index (κ2) is 7.63. The van der Waals surface area contributed by atoms with Crippen LogP contribution in [-0.4, -0.2) is 38.3 Å². The minimum absolute atomic E-state index is 0.0238. The van der Waals surface area contributed by atoms with Crippen molar-refractivity contribution in [1.82, 2.24) is 10.6 Å².